The van der Waals surface area contributed by atoms with Gasteiger partial charge in [-0.1, -0.05) is 42.0 Å². The molecule has 0 fully saturated rings. The average molecular weight is 401 g/mol. The lowest BCUT2D eigenvalue weighted by Gasteiger charge is -2.29. The van der Waals surface area contributed by atoms with Gasteiger partial charge < -0.3 is 9.15 Å². The summed E-state index contributed by atoms with van der Waals surface area (Å²) >= 11 is 0. The molecule has 0 saturated heterocycles. The van der Waals surface area contributed by atoms with Crippen molar-refractivity contribution in [2.45, 2.75) is 20.0 Å². The fourth-order valence-corrected chi connectivity index (χ4v) is 3.90. The Bertz CT molecular complexity index is 1280. The highest BCUT2D eigenvalue weighted by Crippen LogP contribution is 2.36. The molecular formula is C25H20FNO3. The van der Waals surface area contributed by atoms with E-state index in [4.69, 9.17) is 9.15 Å². The highest BCUT2D eigenvalue weighted by molar-refractivity contribution is 5.95. The third kappa shape index (κ3) is 3.48. The van der Waals surface area contributed by atoms with Crippen molar-refractivity contribution in [2.75, 3.05) is 6.73 Å². The summed E-state index contributed by atoms with van der Waals surface area (Å²) in [5.41, 5.74) is 4.99. The third-order valence-electron chi connectivity index (χ3n) is 5.44. The lowest BCUT2D eigenvalue weighted by atomic mass is 9.98. The van der Waals surface area contributed by atoms with Crippen molar-refractivity contribution in [1.29, 1.82) is 0 Å². The number of halogens is 1. The summed E-state index contributed by atoms with van der Waals surface area (Å²) in [6.07, 6.45) is 0. The first-order valence-corrected chi connectivity index (χ1v) is 9.83. The Morgan fingerprint density at radius 2 is 1.77 bits per heavy atom. The van der Waals surface area contributed by atoms with Crippen molar-refractivity contribution in [3.63, 3.8) is 0 Å². The highest BCUT2D eigenvalue weighted by atomic mass is 19.1. The third-order valence-corrected chi connectivity index (χ3v) is 5.44. The maximum Gasteiger partial charge on any atom is 0.336 e. The number of nitrogens with zero attached hydrogens (tertiary/aromatic N) is 1. The minimum Gasteiger partial charge on any atom is -0.478 e. The second-order valence-electron chi connectivity index (χ2n) is 7.65. The van der Waals surface area contributed by atoms with E-state index in [1.165, 1.54) is 12.1 Å². The molecule has 0 amide bonds. The number of hydrogen-bond donors (Lipinski definition) is 0. The lowest BCUT2D eigenvalue weighted by Crippen LogP contribution is -2.31. The molecule has 4 aromatic rings. The molecule has 0 aliphatic carbocycles. The van der Waals surface area contributed by atoms with Gasteiger partial charge >= 0.3 is 5.63 Å². The molecular weight excluding hydrogens is 381 g/mol. The molecule has 0 atom stereocenters. The monoisotopic (exact) mass is 401 g/mol. The summed E-state index contributed by atoms with van der Waals surface area (Å²) in [5.74, 6) is 0.470. The van der Waals surface area contributed by atoms with Gasteiger partial charge in [0.15, 0.2) is 0 Å². The van der Waals surface area contributed by atoms with Crippen LogP contribution in [0.2, 0.25) is 0 Å². The van der Waals surface area contributed by atoms with Crippen LogP contribution in [0.4, 0.5) is 4.39 Å². The summed E-state index contributed by atoms with van der Waals surface area (Å²) in [5, 5.41) is 0.879. The van der Waals surface area contributed by atoms with E-state index in [9.17, 15) is 9.18 Å². The van der Waals surface area contributed by atoms with Crippen LogP contribution in [0.1, 0.15) is 16.7 Å². The topological polar surface area (TPSA) is 42.7 Å². The van der Waals surface area contributed by atoms with E-state index in [2.05, 4.69) is 4.90 Å². The van der Waals surface area contributed by atoms with E-state index in [1.807, 2.05) is 43.3 Å². The number of aryl methyl sites for hydroxylation is 1. The zero-order valence-electron chi connectivity index (χ0n) is 16.5. The zero-order chi connectivity index (χ0) is 20.7. The normalized spacial score (nSPS) is 13.8. The van der Waals surface area contributed by atoms with E-state index >= 15 is 0 Å². The first-order valence-electron chi connectivity index (χ1n) is 9.83. The van der Waals surface area contributed by atoms with Gasteiger partial charge in [0.25, 0.3) is 0 Å². The van der Waals surface area contributed by atoms with Crippen LogP contribution < -0.4 is 10.4 Å². The Morgan fingerprint density at radius 3 is 2.53 bits per heavy atom. The van der Waals surface area contributed by atoms with Crippen molar-refractivity contribution in [2.24, 2.45) is 0 Å². The molecule has 1 aliphatic rings. The number of fused-ring (bicyclic) bond motifs is 3. The lowest BCUT2D eigenvalue weighted by molar-refractivity contribution is 0.0889. The molecule has 0 N–H and O–H groups in total. The summed E-state index contributed by atoms with van der Waals surface area (Å²) in [6.45, 7) is 3.63. The van der Waals surface area contributed by atoms with Gasteiger partial charge in [0.1, 0.15) is 23.9 Å². The van der Waals surface area contributed by atoms with Crippen LogP contribution in [-0.2, 0) is 13.1 Å². The van der Waals surface area contributed by atoms with E-state index in [-0.39, 0.29) is 11.4 Å². The first-order chi connectivity index (χ1) is 14.6. The molecule has 1 aromatic heterocycles. The highest BCUT2D eigenvalue weighted by Gasteiger charge is 2.23. The molecule has 0 bridgehead atoms. The molecule has 0 spiro atoms. The standard InChI is InChI=1S/C25H20FNO3/c1-16-2-6-18(7-3-16)21-12-24(28)30-25-20(21)10-11-23-22(25)14-27(15-29-23)13-17-4-8-19(26)9-5-17/h2-12H,13-15H2,1H3. The van der Waals surface area contributed by atoms with Crippen molar-refractivity contribution in [3.8, 4) is 16.9 Å². The molecule has 4 nitrogen and oxygen atoms in total. The fraction of sp³-hybridized carbons (Fsp3) is 0.160. The van der Waals surface area contributed by atoms with Crippen LogP contribution in [0.25, 0.3) is 22.1 Å². The van der Waals surface area contributed by atoms with Gasteiger partial charge in [-0.05, 0) is 47.9 Å². The summed E-state index contributed by atoms with van der Waals surface area (Å²) in [6, 6.07) is 20.0. The Hall–Kier alpha value is -3.44. The van der Waals surface area contributed by atoms with E-state index in [1.54, 1.807) is 18.2 Å². The van der Waals surface area contributed by atoms with Crippen LogP contribution in [0.3, 0.4) is 0 Å². The molecule has 1 aliphatic heterocycles. The smallest absolute Gasteiger partial charge is 0.336 e. The molecule has 2 heterocycles. The summed E-state index contributed by atoms with van der Waals surface area (Å²) in [4.78, 5) is 14.5. The average Bonchev–Trinajstić information content (AvgIpc) is 2.75. The van der Waals surface area contributed by atoms with Crippen molar-refractivity contribution in [1.82, 2.24) is 4.90 Å². The van der Waals surface area contributed by atoms with E-state index in [0.29, 0.717) is 25.4 Å². The minimum absolute atomic E-state index is 0.254. The number of benzene rings is 3. The van der Waals surface area contributed by atoms with E-state index < -0.39 is 0 Å². The molecule has 5 heteroatoms. The fourth-order valence-electron chi connectivity index (χ4n) is 3.90. The number of rotatable bonds is 3. The van der Waals surface area contributed by atoms with Gasteiger partial charge in [0.05, 0.1) is 5.56 Å². The maximum atomic E-state index is 13.2. The van der Waals surface area contributed by atoms with Gasteiger partial charge in [-0.15, -0.1) is 0 Å². The Morgan fingerprint density at radius 1 is 1.00 bits per heavy atom. The van der Waals surface area contributed by atoms with Gasteiger partial charge in [-0.3, -0.25) is 4.90 Å². The van der Waals surface area contributed by atoms with E-state index in [0.717, 1.165) is 39.0 Å². The second-order valence-corrected chi connectivity index (χ2v) is 7.65. The first kappa shape index (κ1) is 18.6. The zero-order valence-corrected chi connectivity index (χ0v) is 16.5. The molecule has 3 aromatic carbocycles. The number of ether oxygens (including phenoxy) is 1. The van der Waals surface area contributed by atoms with Crippen molar-refractivity contribution in [3.05, 3.63) is 99.7 Å². The number of hydrogen-bond acceptors (Lipinski definition) is 4. The molecule has 0 saturated carbocycles. The van der Waals surface area contributed by atoms with Crippen molar-refractivity contribution >= 4 is 11.0 Å². The predicted octanol–water partition coefficient (Wildman–Crippen LogP) is 5.26. The second kappa shape index (κ2) is 7.43. The Labute approximate surface area is 173 Å². The summed E-state index contributed by atoms with van der Waals surface area (Å²) in [7, 11) is 0. The largest absolute Gasteiger partial charge is 0.478 e. The van der Waals surface area contributed by atoms with Crippen molar-refractivity contribution < 1.29 is 13.5 Å². The minimum atomic E-state index is -0.387. The Balaban J connectivity index is 1.56. The molecule has 0 radical (unpaired) electrons. The molecule has 30 heavy (non-hydrogen) atoms. The van der Waals surface area contributed by atoms with Gasteiger partial charge in [0, 0.05) is 24.5 Å². The molecule has 0 unspecified atom stereocenters. The van der Waals surface area contributed by atoms with Gasteiger partial charge in [0.2, 0.25) is 0 Å². The maximum absolute atomic E-state index is 13.2. The predicted molar refractivity (Wildman–Crippen MR) is 114 cm³/mol. The Kier molecular flexibility index (Phi) is 4.60. The van der Waals surface area contributed by atoms with Crippen LogP contribution in [0, 0.1) is 12.7 Å². The van der Waals surface area contributed by atoms with Crippen LogP contribution >= 0.6 is 0 Å². The van der Waals surface area contributed by atoms with Crippen LogP contribution in [0.15, 0.2) is 75.9 Å². The van der Waals surface area contributed by atoms with Crippen LogP contribution in [-0.4, -0.2) is 11.6 Å². The summed E-state index contributed by atoms with van der Waals surface area (Å²) < 4.78 is 24.8. The molecule has 150 valence electrons. The quantitative estimate of drug-likeness (QED) is 0.439. The SMILES string of the molecule is Cc1ccc(-c2cc(=O)oc3c4c(ccc23)OCN(Cc2ccc(F)cc2)C4)cc1. The molecule has 5 rings (SSSR count). The van der Waals surface area contributed by atoms with Gasteiger partial charge in [-0.2, -0.15) is 0 Å². The van der Waals surface area contributed by atoms with Gasteiger partial charge in [-0.25, -0.2) is 9.18 Å². The van der Waals surface area contributed by atoms with Crippen LogP contribution in [0.5, 0.6) is 5.75 Å².